The highest BCUT2D eigenvalue weighted by Gasteiger charge is 2.68. The van der Waals surface area contributed by atoms with Gasteiger partial charge in [-0.15, -0.1) is 23.2 Å². The molecule has 1 N–H and O–H groups in total. The molecule has 0 aromatic heterocycles. The average Bonchev–Trinajstić information content (AvgIpc) is 2.46. The van der Waals surface area contributed by atoms with Crippen LogP contribution in [-0.4, -0.2) is 23.0 Å². The molecule has 1 amide bonds. The molecule has 14 heavy (non-hydrogen) atoms. The number of rotatable bonds is 2. The first-order chi connectivity index (χ1) is 6.08. The molecule has 1 aliphatic carbocycles. The van der Waals surface area contributed by atoms with E-state index in [0.717, 1.165) is 0 Å². The molecule has 0 aromatic carbocycles. The first-order valence-corrected chi connectivity index (χ1v) is 4.57. The lowest BCUT2D eigenvalue weighted by molar-refractivity contribution is -0.141. The highest BCUT2D eigenvalue weighted by Crippen LogP contribution is 2.63. The van der Waals surface area contributed by atoms with Crippen LogP contribution in [0, 0.1) is 5.41 Å². The Morgan fingerprint density at radius 1 is 1.50 bits per heavy atom. The minimum absolute atomic E-state index is 0.173. The maximum absolute atomic E-state index is 11.7. The second-order valence-corrected chi connectivity index (χ2v) is 5.00. The summed E-state index contributed by atoms with van der Waals surface area (Å²) in [4.78, 5) is 11.2. The number of carbonyl (C=O) groups is 1. The normalized spacial score (nSPS) is 29.9. The molecular formula is C7H8Cl2F3NO. The standard InChI is InChI=1S/C7H8Cl2F3NO/c1-5(2-6(5,8)9)4(14)13-3-7(10,11)12/h2-3H2,1H3,(H,13,14)/t5-/m0/s1. The van der Waals surface area contributed by atoms with Gasteiger partial charge in [-0.1, -0.05) is 0 Å². The van der Waals surface area contributed by atoms with E-state index in [0.29, 0.717) is 0 Å². The second kappa shape index (κ2) is 3.17. The monoisotopic (exact) mass is 249 g/mol. The predicted octanol–water partition coefficient (Wildman–Crippen LogP) is 2.25. The summed E-state index contributed by atoms with van der Waals surface area (Å²) in [5.74, 6) is -0.764. The quantitative estimate of drug-likeness (QED) is 0.748. The van der Waals surface area contributed by atoms with E-state index in [4.69, 9.17) is 23.2 Å². The third-order valence-electron chi connectivity index (χ3n) is 2.21. The largest absolute Gasteiger partial charge is 0.405 e. The van der Waals surface area contributed by atoms with Gasteiger partial charge < -0.3 is 5.32 Å². The summed E-state index contributed by atoms with van der Waals surface area (Å²) in [7, 11) is 0. The van der Waals surface area contributed by atoms with Crippen molar-refractivity contribution in [2.45, 2.75) is 23.9 Å². The molecule has 0 unspecified atom stereocenters. The Labute approximate surface area is 88.7 Å². The van der Waals surface area contributed by atoms with Gasteiger partial charge in [-0.2, -0.15) is 13.2 Å². The summed E-state index contributed by atoms with van der Waals surface area (Å²) in [5.41, 5.74) is -1.10. The number of amides is 1. The third kappa shape index (κ3) is 2.25. The van der Waals surface area contributed by atoms with Crippen LogP contribution in [0.1, 0.15) is 13.3 Å². The Morgan fingerprint density at radius 3 is 2.21 bits per heavy atom. The zero-order valence-corrected chi connectivity index (χ0v) is 8.72. The fourth-order valence-corrected chi connectivity index (χ4v) is 1.73. The van der Waals surface area contributed by atoms with E-state index in [1.54, 1.807) is 5.32 Å². The van der Waals surface area contributed by atoms with E-state index < -0.39 is 28.4 Å². The van der Waals surface area contributed by atoms with Crippen LogP contribution >= 0.6 is 23.2 Å². The molecule has 0 aromatic rings. The average molecular weight is 250 g/mol. The molecule has 0 spiro atoms. The Kier molecular flexibility index (Phi) is 2.69. The fourth-order valence-electron chi connectivity index (χ4n) is 1.02. The van der Waals surface area contributed by atoms with E-state index >= 15 is 0 Å². The van der Waals surface area contributed by atoms with Crippen LogP contribution in [0.15, 0.2) is 0 Å². The van der Waals surface area contributed by atoms with Crippen molar-refractivity contribution >= 4 is 29.1 Å². The molecule has 0 heterocycles. The molecule has 82 valence electrons. The van der Waals surface area contributed by atoms with Crippen LogP contribution in [0.2, 0.25) is 0 Å². The predicted molar refractivity (Wildman–Crippen MR) is 46.2 cm³/mol. The van der Waals surface area contributed by atoms with Gasteiger partial charge in [-0.3, -0.25) is 4.79 Å². The van der Waals surface area contributed by atoms with Crippen molar-refractivity contribution in [3.63, 3.8) is 0 Å². The number of carbonyl (C=O) groups excluding carboxylic acids is 1. The van der Waals surface area contributed by atoms with Gasteiger partial charge in [0.05, 0.1) is 5.41 Å². The van der Waals surface area contributed by atoms with Crippen LogP contribution in [0.4, 0.5) is 13.2 Å². The van der Waals surface area contributed by atoms with Crippen molar-refractivity contribution in [1.82, 2.24) is 5.32 Å². The number of halogens is 5. The molecule has 1 atom stereocenters. The van der Waals surface area contributed by atoms with Crippen molar-refractivity contribution in [3.8, 4) is 0 Å². The van der Waals surface area contributed by atoms with Gasteiger partial charge in [-0.05, 0) is 13.3 Å². The topological polar surface area (TPSA) is 29.1 Å². The molecule has 1 saturated carbocycles. The van der Waals surface area contributed by atoms with Crippen LogP contribution in [0.5, 0.6) is 0 Å². The third-order valence-corrected chi connectivity index (χ3v) is 3.31. The minimum Gasteiger partial charge on any atom is -0.346 e. The van der Waals surface area contributed by atoms with Crippen LogP contribution in [-0.2, 0) is 4.79 Å². The Hall–Kier alpha value is -0.160. The minimum atomic E-state index is -4.41. The fraction of sp³-hybridized carbons (Fsp3) is 0.857. The summed E-state index contributed by atoms with van der Waals surface area (Å²) in [5, 5.41) is 1.75. The van der Waals surface area contributed by atoms with E-state index in [1.807, 2.05) is 0 Å². The number of nitrogens with one attached hydrogen (secondary N) is 1. The Bertz CT molecular complexity index is 266. The van der Waals surface area contributed by atoms with Crippen molar-refractivity contribution in [1.29, 1.82) is 0 Å². The first kappa shape index (κ1) is 11.9. The second-order valence-electron chi connectivity index (χ2n) is 3.51. The molecule has 0 aliphatic heterocycles. The maximum Gasteiger partial charge on any atom is 0.405 e. The van der Waals surface area contributed by atoms with Crippen LogP contribution < -0.4 is 5.32 Å². The van der Waals surface area contributed by atoms with Crippen molar-refractivity contribution < 1.29 is 18.0 Å². The summed E-state index contributed by atoms with van der Waals surface area (Å²) in [6, 6.07) is 0. The summed E-state index contributed by atoms with van der Waals surface area (Å²) >= 11 is 11.2. The lowest BCUT2D eigenvalue weighted by Crippen LogP contribution is -2.39. The van der Waals surface area contributed by atoms with E-state index in [2.05, 4.69) is 0 Å². The summed E-state index contributed by atoms with van der Waals surface area (Å²) in [6.45, 7) is 0.0734. The SMILES string of the molecule is C[C@@]1(C(=O)NCC(F)(F)F)CC1(Cl)Cl. The molecule has 1 rings (SSSR count). The first-order valence-electron chi connectivity index (χ1n) is 3.81. The number of hydrogen-bond acceptors (Lipinski definition) is 1. The molecule has 0 saturated heterocycles. The van der Waals surface area contributed by atoms with Gasteiger partial charge in [0.2, 0.25) is 5.91 Å². The van der Waals surface area contributed by atoms with Crippen molar-refractivity contribution in [2.75, 3.05) is 6.54 Å². The van der Waals surface area contributed by atoms with E-state index in [1.165, 1.54) is 6.92 Å². The number of hydrogen-bond donors (Lipinski definition) is 1. The summed E-state index contributed by atoms with van der Waals surface area (Å²) < 4.78 is 34.0. The maximum atomic E-state index is 11.7. The van der Waals surface area contributed by atoms with Gasteiger partial charge in [0.25, 0.3) is 0 Å². The lowest BCUT2D eigenvalue weighted by atomic mass is 10.1. The number of alkyl halides is 5. The van der Waals surface area contributed by atoms with Gasteiger partial charge in [0, 0.05) is 0 Å². The van der Waals surface area contributed by atoms with Gasteiger partial charge in [0.1, 0.15) is 10.9 Å². The van der Waals surface area contributed by atoms with E-state index in [-0.39, 0.29) is 6.42 Å². The molecule has 0 radical (unpaired) electrons. The Balaban J connectivity index is 2.46. The highest BCUT2D eigenvalue weighted by molar-refractivity contribution is 6.53. The van der Waals surface area contributed by atoms with Gasteiger partial charge >= 0.3 is 6.18 Å². The van der Waals surface area contributed by atoms with Crippen molar-refractivity contribution in [3.05, 3.63) is 0 Å². The van der Waals surface area contributed by atoms with Gasteiger partial charge in [0.15, 0.2) is 0 Å². The highest BCUT2D eigenvalue weighted by atomic mass is 35.5. The van der Waals surface area contributed by atoms with Crippen LogP contribution in [0.25, 0.3) is 0 Å². The van der Waals surface area contributed by atoms with E-state index in [9.17, 15) is 18.0 Å². The molecule has 7 heteroatoms. The molecule has 2 nitrogen and oxygen atoms in total. The van der Waals surface area contributed by atoms with Gasteiger partial charge in [-0.25, -0.2) is 0 Å². The Morgan fingerprint density at radius 2 is 1.93 bits per heavy atom. The summed E-state index contributed by atoms with van der Waals surface area (Å²) in [6.07, 6.45) is -4.24. The molecule has 1 fully saturated rings. The van der Waals surface area contributed by atoms with Crippen molar-refractivity contribution in [2.24, 2.45) is 5.41 Å². The molecule has 1 aliphatic rings. The molecule has 0 bridgehead atoms. The van der Waals surface area contributed by atoms with Crippen LogP contribution in [0.3, 0.4) is 0 Å². The molecular weight excluding hydrogens is 242 g/mol. The zero-order valence-electron chi connectivity index (χ0n) is 7.21. The smallest absolute Gasteiger partial charge is 0.346 e. The lowest BCUT2D eigenvalue weighted by Gasteiger charge is -2.13. The zero-order chi connectivity index (χ0) is 11.2.